The molecule has 9 nitrogen and oxygen atoms in total. The monoisotopic (exact) mass is 404 g/mol. The summed E-state index contributed by atoms with van der Waals surface area (Å²) < 4.78 is 0. The molecule has 1 N–H and O–H groups in total. The molecule has 0 fully saturated rings. The van der Waals surface area contributed by atoms with Gasteiger partial charge in [0.15, 0.2) is 5.13 Å². The first-order chi connectivity index (χ1) is 12.8. The van der Waals surface area contributed by atoms with Crippen molar-refractivity contribution in [1.82, 2.24) is 4.98 Å². The van der Waals surface area contributed by atoms with Crippen molar-refractivity contribution in [1.29, 1.82) is 0 Å². The molecule has 0 radical (unpaired) electrons. The number of halogens is 1. The first-order valence-corrected chi connectivity index (χ1v) is 8.56. The van der Waals surface area contributed by atoms with Gasteiger partial charge < -0.3 is 0 Å². The van der Waals surface area contributed by atoms with Crippen LogP contribution in [0.15, 0.2) is 47.8 Å². The van der Waals surface area contributed by atoms with Crippen molar-refractivity contribution in [2.75, 3.05) is 5.32 Å². The number of amides is 1. The molecule has 3 aromatic rings. The van der Waals surface area contributed by atoms with Gasteiger partial charge in [0, 0.05) is 35.2 Å². The standard InChI is InChI=1S/C16H9ClN4O5S/c17-13-5-4-11(21(25)26)7-12(13)15(22)19-16-18-14(8-27-16)9-2-1-3-10(6-9)20(23)24/h1-8H,(H,18,19,22). The SMILES string of the molecule is O=C(Nc1nc(-c2cccc([N+](=O)[O-])c2)cs1)c1cc([N+](=O)[O-])ccc1Cl. The van der Waals surface area contributed by atoms with E-state index in [1.807, 2.05) is 0 Å². The van der Waals surface area contributed by atoms with Gasteiger partial charge in [0.1, 0.15) is 0 Å². The zero-order valence-corrected chi connectivity index (χ0v) is 14.9. The number of hydrogen-bond donors (Lipinski definition) is 1. The summed E-state index contributed by atoms with van der Waals surface area (Å²) in [5, 5.41) is 26.2. The Labute approximate surface area is 160 Å². The lowest BCUT2D eigenvalue weighted by molar-refractivity contribution is -0.385. The number of hydrogen-bond acceptors (Lipinski definition) is 7. The molecule has 0 saturated heterocycles. The Morgan fingerprint density at radius 3 is 2.48 bits per heavy atom. The van der Waals surface area contributed by atoms with Crippen LogP contribution in [-0.2, 0) is 0 Å². The number of thiazole rings is 1. The Hall–Kier alpha value is -3.37. The van der Waals surface area contributed by atoms with Crippen LogP contribution < -0.4 is 5.32 Å². The topological polar surface area (TPSA) is 128 Å². The summed E-state index contributed by atoms with van der Waals surface area (Å²) in [6, 6.07) is 9.47. The number of carbonyl (C=O) groups is 1. The van der Waals surface area contributed by atoms with E-state index in [2.05, 4.69) is 10.3 Å². The van der Waals surface area contributed by atoms with Gasteiger partial charge in [-0.05, 0) is 6.07 Å². The van der Waals surface area contributed by atoms with Crippen LogP contribution >= 0.6 is 22.9 Å². The number of benzene rings is 2. The molecule has 3 rings (SSSR count). The second-order valence-corrected chi connectivity index (χ2v) is 6.49. The predicted octanol–water partition coefficient (Wildman–Crippen LogP) is 4.53. The zero-order chi connectivity index (χ0) is 19.6. The first kappa shape index (κ1) is 18.4. The second kappa shape index (κ2) is 7.48. The maximum absolute atomic E-state index is 12.4. The highest BCUT2D eigenvalue weighted by Crippen LogP contribution is 2.28. The molecule has 136 valence electrons. The molecule has 0 saturated carbocycles. The van der Waals surface area contributed by atoms with Crippen molar-refractivity contribution in [3.8, 4) is 11.3 Å². The number of carbonyl (C=O) groups excluding carboxylic acids is 1. The van der Waals surface area contributed by atoms with Gasteiger partial charge in [-0.1, -0.05) is 23.7 Å². The Kier molecular flexibility index (Phi) is 5.10. The minimum atomic E-state index is -0.649. The van der Waals surface area contributed by atoms with Gasteiger partial charge in [-0.2, -0.15) is 0 Å². The van der Waals surface area contributed by atoms with E-state index in [4.69, 9.17) is 11.6 Å². The minimum Gasteiger partial charge on any atom is -0.298 e. The lowest BCUT2D eigenvalue weighted by Gasteiger charge is -2.04. The van der Waals surface area contributed by atoms with E-state index < -0.39 is 15.8 Å². The van der Waals surface area contributed by atoms with Crippen LogP contribution in [0.1, 0.15) is 10.4 Å². The predicted molar refractivity (Wildman–Crippen MR) is 100 cm³/mol. The van der Waals surface area contributed by atoms with Crippen LogP contribution in [-0.4, -0.2) is 20.7 Å². The van der Waals surface area contributed by atoms with Crippen molar-refractivity contribution in [2.24, 2.45) is 0 Å². The fourth-order valence-electron chi connectivity index (χ4n) is 2.21. The number of rotatable bonds is 5. The van der Waals surface area contributed by atoms with E-state index in [1.54, 1.807) is 11.4 Å². The quantitative estimate of drug-likeness (QED) is 0.491. The highest BCUT2D eigenvalue weighted by Gasteiger charge is 2.17. The fourth-order valence-corrected chi connectivity index (χ4v) is 3.13. The van der Waals surface area contributed by atoms with Gasteiger partial charge in [0.05, 0.1) is 26.1 Å². The Morgan fingerprint density at radius 1 is 1.07 bits per heavy atom. The highest BCUT2D eigenvalue weighted by atomic mass is 35.5. The van der Waals surface area contributed by atoms with E-state index in [1.165, 1.54) is 30.3 Å². The lowest BCUT2D eigenvalue weighted by Crippen LogP contribution is -2.12. The van der Waals surface area contributed by atoms with Gasteiger partial charge in [-0.25, -0.2) is 4.98 Å². The molecule has 0 aliphatic carbocycles. The van der Waals surface area contributed by atoms with Crippen LogP contribution in [0, 0.1) is 20.2 Å². The Balaban J connectivity index is 1.83. The van der Waals surface area contributed by atoms with Crippen molar-refractivity contribution < 1.29 is 14.6 Å². The number of nitrogens with zero attached hydrogens (tertiary/aromatic N) is 3. The van der Waals surface area contributed by atoms with E-state index in [-0.39, 0.29) is 27.1 Å². The molecular formula is C16H9ClN4O5S. The summed E-state index contributed by atoms with van der Waals surface area (Å²) in [6.07, 6.45) is 0. The Morgan fingerprint density at radius 2 is 1.78 bits per heavy atom. The van der Waals surface area contributed by atoms with E-state index in [0.29, 0.717) is 11.3 Å². The summed E-state index contributed by atoms with van der Waals surface area (Å²) in [5.74, 6) is -0.649. The summed E-state index contributed by atoms with van der Waals surface area (Å²) in [7, 11) is 0. The smallest absolute Gasteiger partial charge is 0.270 e. The number of aromatic nitrogens is 1. The molecule has 0 aliphatic rings. The molecule has 27 heavy (non-hydrogen) atoms. The number of nitro groups is 2. The average molecular weight is 405 g/mol. The van der Waals surface area contributed by atoms with Crippen molar-refractivity contribution in [3.05, 3.63) is 78.7 Å². The zero-order valence-electron chi connectivity index (χ0n) is 13.3. The maximum atomic E-state index is 12.4. The number of nitrogens with one attached hydrogen (secondary N) is 1. The summed E-state index contributed by atoms with van der Waals surface area (Å²) in [6.45, 7) is 0. The summed E-state index contributed by atoms with van der Waals surface area (Å²) in [4.78, 5) is 37.2. The van der Waals surface area contributed by atoms with Crippen LogP contribution in [0.2, 0.25) is 5.02 Å². The van der Waals surface area contributed by atoms with E-state index >= 15 is 0 Å². The Bertz CT molecular complexity index is 1070. The van der Waals surface area contributed by atoms with Crippen LogP contribution in [0.5, 0.6) is 0 Å². The molecule has 0 aliphatic heterocycles. The molecule has 0 bridgehead atoms. The molecule has 0 unspecified atom stereocenters. The van der Waals surface area contributed by atoms with Gasteiger partial charge in [-0.3, -0.25) is 30.3 Å². The van der Waals surface area contributed by atoms with E-state index in [0.717, 1.165) is 17.4 Å². The number of non-ortho nitro benzene ring substituents is 2. The summed E-state index contributed by atoms with van der Waals surface area (Å²) in [5.41, 5.74) is 0.576. The largest absolute Gasteiger partial charge is 0.298 e. The maximum Gasteiger partial charge on any atom is 0.270 e. The second-order valence-electron chi connectivity index (χ2n) is 5.22. The van der Waals surface area contributed by atoms with Crippen molar-refractivity contribution in [3.63, 3.8) is 0 Å². The molecule has 2 aromatic carbocycles. The van der Waals surface area contributed by atoms with Crippen molar-refractivity contribution >= 4 is 45.4 Å². The summed E-state index contributed by atoms with van der Waals surface area (Å²) >= 11 is 7.05. The number of anilines is 1. The van der Waals surface area contributed by atoms with Crippen LogP contribution in [0.4, 0.5) is 16.5 Å². The fraction of sp³-hybridized carbons (Fsp3) is 0. The molecule has 11 heteroatoms. The average Bonchev–Trinajstić information content (AvgIpc) is 3.10. The highest BCUT2D eigenvalue weighted by molar-refractivity contribution is 7.14. The van der Waals surface area contributed by atoms with Gasteiger partial charge in [0.2, 0.25) is 0 Å². The third-order valence-corrected chi connectivity index (χ3v) is 4.57. The molecular weight excluding hydrogens is 396 g/mol. The lowest BCUT2D eigenvalue weighted by atomic mass is 10.1. The van der Waals surface area contributed by atoms with Crippen LogP contribution in [0.3, 0.4) is 0 Å². The van der Waals surface area contributed by atoms with Gasteiger partial charge in [0.25, 0.3) is 17.3 Å². The minimum absolute atomic E-state index is 0.0574. The van der Waals surface area contributed by atoms with E-state index in [9.17, 15) is 25.0 Å². The van der Waals surface area contributed by atoms with Gasteiger partial charge >= 0.3 is 0 Å². The third kappa shape index (κ3) is 4.07. The molecule has 1 aromatic heterocycles. The molecule has 0 spiro atoms. The first-order valence-electron chi connectivity index (χ1n) is 7.31. The normalized spacial score (nSPS) is 10.4. The third-order valence-electron chi connectivity index (χ3n) is 3.48. The molecule has 0 atom stereocenters. The van der Waals surface area contributed by atoms with Crippen LogP contribution in [0.25, 0.3) is 11.3 Å². The molecule has 1 amide bonds. The molecule has 1 heterocycles. The van der Waals surface area contributed by atoms with Gasteiger partial charge in [-0.15, -0.1) is 11.3 Å². The van der Waals surface area contributed by atoms with Crippen molar-refractivity contribution in [2.45, 2.75) is 0 Å². The number of nitro benzene ring substituents is 2.